The molecule has 2 aliphatic carbocycles. The van der Waals surface area contributed by atoms with E-state index >= 15 is 0 Å². The maximum atomic E-state index is 3.89. The summed E-state index contributed by atoms with van der Waals surface area (Å²) in [5, 5.41) is 7.43. The molecule has 1 aromatic heterocycles. The maximum Gasteiger partial charge on any atom is 0.0368 e. The number of benzene rings is 1. The Balaban J connectivity index is 1.67. The van der Waals surface area contributed by atoms with E-state index in [0.717, 1.165) is 5.92 Å². The van der Waals surface area contributed by atoms with Crippen molar-refractivity contribution in [3.05, 3.63) is 29.6 Å². The largest absolute Gasteiger partial charge is 0.381 e. The van der Waals surface area contributed by atoms with Crippen LogP contribution >= 0.6 is 11.3 Å². The standard InChI is InChI=1S/C18H23NS/c1-17(2)13-6-8-18(3,11-13)16(17)19-14-4-5-15-12(10-14)7-9-20-15/h4-5,7,9-10,13,16,19H,6,8,11H2,1-3H3. The lowest BCUT2D eigenvalue weighted by atomic mass is 9.68. The van der Waals surface area contributed by atoms with Gasteiger partial charge in [0.2, 0.25) is 0 Å². The molecule has 1 nitrogen and oxygen atoms in total. The van der Waals surface area contributed by atoms with E-state index < -0.39 is 0 Å². The van der Waals surface area contributed by atoms with Gasteiger partial charge in [-0.25, -0.2) is 0 Å². The van der Waals surface area contributed by atoms with Gasteiger partial charge in [0.15, 0.2) is 0 Å². The molecule has 106 valence electrons. The van der Waals surface area contributed by atoms with Crippen molar-refractivity contribution >= 4 is 27.1 Å². The molecule has 0 radical (unpaired) electrons. The maximum absolute atomic E-state index is 3.89. The molecule has 2 bridgehead atoms. The third kappa shape index (κ3) is 1.67. The van der Waals surface area contributed by atoms with Gasteiger partial charge in [0.1, 0.15) is 0 Å². The number of thiophene rings is 1. The molecule has 2 saturated carbocycles. The molecular weight excluding hydrogens is 262 g/mol. The lowest BCUT2D eigenvalue weighted by molar-refractivity contribution is 0.155. The van der Waals surface area contributed by atoms with Crippen molar-refractivity contribution in [2.75, 3.05) is 5.32 Å². The third-order valence-electron chi connectivity index (χ3n) is 6.03. The van der Waals surface area contributed by atoms with E-state index in [1.165, 1.54) is 35.0 Å². The summed E-state index contributed by atoms with van der Waals surface area (Å²) in [6, 6.07) is 9.65. The lowest BCUT2D eigenvalue weighted by Gasteiger charge is -2.43. The third-order valence-corrected chi connectivity index (χ3v) is 6.93. The van der Waals surface area contributed by atoms with Gasteiger partial charge in [-0.3, -0.25) is 0 Å². The van der Waals surface area contributed by atoms with Gasteiger partial charge < -0.3 is 5.32 Å². The molecule has 1 aromatic carbocycles. The van der Waals surface area contributed by atoms with Crippen molar-refractivity contribution in [1.29, 1.82) is 0 Å². The number of anilines is 1. The summed E-state index contributed by atoms with van der Waals surface area (Å²) < 4.78 is 1.38. The molecule has 1 heterocycles. The summed E-state index contributed by atoms with van der Waals surface area (Å²) in [5.41, 5.74) is 2.19. The number of hydrogen-bond donors (Lipinski definition) is 1. The molecule has 2 aromatic rings. The zero-order valence-electron chi connectivity index (χ0n) is 12.6. The Morgan fingerprint density at radius 2 is 2.05 bits per heavy atom. The highest BCUT2D eigenvalue weighted by molar-refractivity contribution is 7.17. The van der Waals surface area contributed by atoms with Crippen LogP contribution in [-0.4, -0.2) is 6.04 Å². The Kier molecular flexibility index (Phi) is 2.54. The summed E-state index contributed by atoms with van der Waals surface area (Å²) in [6.07, 6.45) is 4.21. The van der Waals surface area contributed by atoms with Crippen LogP contribution in [0.5, 0.6) is 0 Å². The van der Waals surface area contributed by atoms with Gasteiger partial charge in [-0.1, -0.05) is 20.8 Å². The topological polar surface area (TPSA) is 12.0 Å². The second-order valence-electron chi connectivity index (χ2n) is 7.67. The van der Waals surface area contributed by atoms with E-state index in [1.807, 2.05) is 11.3 Å². The van der Waals surface area contributed by atoms with Gasteiger partial charge >= 0.3 is 0 Å². The average Bonchev–Trinajstić information content (AvgIpc) is 3.05. The smallest absolute Gasteiger partial charge is 0.0368 e. The van der Waals surface area contributed by atoms with E-state index in [1.54, 1.807) is 0 Å². The van der Waals surface area contributed by atoms with E-state index in [-0.39, 0.29) is 0 Å². The van der Waals surface area contributed by atoms with E-state index in [2.05, 4.69) is 55.7 Å². The Hall–Kier alpha value is -1.02. The molecule has 0 saturated heterocycles. The molecular formula is C18H23NS. The van der Waals surface area contributed by atoms with E-state index in [0.29, 0.717) is 16.9 Å². The predicted molar refractivity (Wildman–Crippen MR) is 88.5 cm³/mol. The van der Waals surface area contributed by atoms with Crippen LogP contribution in [0.15, 0.2) is 29.6 Å². The molecule has 0 aliphatic heterocycles. The Labute approximate surface area is 125 Å². The first kappa shape index (κ1) is 12.7. The van der Waals surface area contributed by atoms with Crippen LogP contribution in [0.25, 0.3) is 10.1 Å². The Morgan fingerprint density at radius 3 is 2.80 bits per heavy atom. The molecule has 20 heavy (non-hydrogen) atoms. The summed E-state index contributed by atoms with van der Waals surface area (Å²) in [4.78, 5) is 0. The van der Waals surface area contributed by atoms with Crippen molar-refractivity contribution in [2.45, 2.75) is 46.1 Å². The monoisotopic (exact) mass is 285 g/mol. The van der Waals surface area contributed by atoms with Gasteiger partial charge in [-0.2, -0.15) is 0 Å². The van der Waals surface area contributed by atoms with Gasteiger partial charge in [-0.15, -0.1) is 11.3 Å². The van der Waals surface area contributed by atoms with Crippen molar-refractivity contribution in [3.8, 4) is 0 Å². The molecule has 2 fully saturated rings. The molecule has 0 spiro atoms. The van der Waals surface area contributed by atoms with E-state index in [9.17, 15) is 0 Å². The summed E-state index contributed by atoms with van der Waals surface area (Å²) >= 11 is 1.82. The summed E-state index contributed by atoms with van der Waals surface area (Å²) in [7, 11) is 0. The van der Waals surface area contributed by atoms with Crippen LogP contribution in [0.2, 0.25) is 0 Å². The minimum atomic E-state index is 0.413. The van der Waals surface area contributed by atoms with Gasteiger partial charge in [0, 0.05) is 16.4 Å². The van der Waals surface area contributed by atoms with Crippen molar-refractivity contribution < 1.29 is 0 Å². The van der Waals surface area contributed by atoms with Gasteiger partial charge in [0.25, 0.3) is 0 Å². The second-order valence-corrected chi connectivity index (χ2v) is 8.61. The molecule has 3 atom stereocenters. The van der Waals surface area contributed by atoms with Gasteiger partial charge in [0.05, 0.1) is 0 Å². The zero-order valence-corrected chi connectivity index (χ0v) is 13.4. The molecule has 2 aliphatic rings. The Morgan fingerprint density at radius 1 is 1.20 bits per heavy atom. The molecule has 1 N–H and O–H groups in total. The van der Waals surface area contributed by atoms with Crippen molar-refractivity contribution in [2.24, 2.45) is 16.7 Å². The normalized spacial score (nSPS) is 34.8. The summed E-state index contributed by atoms with van der Waals surface area (Å²) in [5.74, 6) is 0.898. The molecule has 4 rings (SSSR count). The van der Waals surface area contributed by atoms with Crippen LogP contribution in [0.1, 0.15) is 40.0 Å². The van der Waals surface area contributed by atoms with Crippen LogP contribution in [0, 0.1) is 16.7 Å². The minimum Gasteiger partial charge on any atom is -0.381 e. The first-order valence-electron chi connectivity index (χ1n) is 7.73. The highest BCUT2D eigenvalue weighted by Gasteiger charge is 2.59. The summed E-state index contributed by atoms with van der Waals surface area (Å²) in [6.45, 7) is 7.41. The SMILES string of the molecule is CC12CCC(C1)C(C)(C)C2Nc1ccc2sccc2c1. The van der Waals surface area contributed by atoms with Crippen molar-refractivity contribution in [1.82, 2.24) is 0 Å². The van der Waals surface area contributed by atoms with Crippen molar-refractivity contribution in [3.63, 3.8) is 0 Å². The van der Waals surface area contributed by atoms with Crippen LogP contribution in [0.4, 0.5) is 5.69 Å². The first-order valence-corrected chi connectivity index (χ1v) is 8.61. The number of fused-ring (bicyclic) bond motifs is 3. The minimum absolute atomic E-state index is 0.413. The predicted octanol–water partition coefficient (Wildman–Crippen LogP) is 5.53. The fourth-order valence-corrected chi connectivity index (χ4v) is 5.66. The van der Waals surface area contributed by atoms with Crippen LogP contribution < -0.4 is 5.32 Å². The first-order chi connectivity index (χ1) is 9.49. The highest BCUT2D eigenvalue weighted by atomic mass is 32.1. The Bertz CT molecular complexity index is 651. The fraction of sp³-hybridized carbons (Fsp3) is 0.556. The van der Waals surface area contributed by atoms with E-state index in [4.69, 9.17) is 0 Å². The lowest BCUT2D eigenvalue weighted by Crippen LogP contribution is -2.45. The molecule has 3 unspecified atom stereocenters. The molecule has 0 amide bonds. The van der Waals surface area contributed by atoms with Gasteiger partial charge in [-0.05, 0) is 71.0 Å². The fourth-order valence-electron chi connectivity index (χ4n) is 4.89. The van der Waals surface area contributed by atoms with Crippen LogP contribution in [0.3, 0.4) is 0 Å². The molecule has 2 heteroatoms. The highest BCUT2D eigenvalue weighted by Crippen LogP contribution is 2.63. The quantitative estimate of drug-likeness (QED) is 0.765. The number of hydrogen-bond acceptors (Lipinski definition) is 2. The number of rotatable bonds is 2. The van der Waals surface area contributed by atoms with Crippen LogP contribution in [-0.2, 0) is 0 Å². The second kappa shape index (κ2) is 4.00. The zero-order chi connectivity index (χ0) is 14.0. The average molecular weight is 285 g/mol. The number of nitrogens with one attached hydrogen (secondary N) is 1.